The molecule has 8 nitrogen and oxygen atoms in total. The van der Waals surface area contributed by atoms with Crippen molar-refractivity contribution in [1.29, 1.82) is 0 Å². The molecule has 164 valence electrons. The predicted molar refractivity (Wildman–Crippen MR) is 125 cm³/mol. The number of amides is 1. The Kier molecular flexibility index (Phi) is 6.39. The average molecular weight is 431 g/mol. The highest BCUT2D eigenvalue weighted by atomic mass is 16.2. The van der Waals surface area contributed by atoms with Crippen LogP contribution in [0.5, 0.6) is 0 Å². The summed E-state index contributed by atoms with van der Waals surface area (Å²) >= 11 is 0. The first-order chi connectivity index (χ1) is 15.5. The second kappa shape index (κ2) is 9.55. The fourth-order valence-corrected chi connectivity index (χ4v) is 3.60. The molecule has 4 aromatic rings. The molecule has 8 heteroatoms. The van der Waals surface area contributed by atoms with Gasteiger partial charge in [-0.15, -0.1) is 0 Å². The van der Waals surface area contributed by atoms with Crippen molar-refractivity contribution in [3.63, 3.8) is 0 Å². The molecule has 2 heterocycles. The van der Waals surface area contributed by atoms with E-state index in [2.05, 4.69) is 27.2 Å². The average Bonchev–Trinajstić information content (AvgIpc) is 2.79. The number of aromatic nitrogens is 4. The van der Waals surface area contributed by atoms with Crippen molar-refractivity contribution in [3.05, 3.63) is 74.9 Å². The van der Waals surface area contributed by atoms with Gasteiger partial charge in [0.05, 0.1) is 11.0 Å². The summed E-state index contributed by atoms with van der Waals surface area (Å²) < 4.78 is 1.15. The van der Waals surface area contributed by atoms with Gasteiger partial charge in [0.2, 0.25) is 5.91 Å². The molecule has 2 N–H and O–H groups in total. The topological polar surface area (TPSA) is 110 Å². The van der Waals surface area contributed by atoms with Crippen molar-refractivity contribution < 1.29 is 4.79 Å². The Balaban J connectivity index is 1.62. The Morgan fingerprint density at radius 1 is 1.03 bits per heavy atom. The molecule has 0 bridgehead atoms. The summed E-state index contributed by atoms with van der Waals surface area (Å²) in [4.78, 5) is 49.1. The Morgan fingerprint density at radius 2 is 1.84 bits per heavy atom. The Hall–Kier alpha value is -3.81. The molecule has 0 atom stereocenters. The van der Waals surface area contributed by atoms with Crippen molar-refractivity contribution in [3.8, 4) is 0 Å². The molecule has 4 rings (SSSR count). The van der Waals surface area contributed by atoms with Gasteiger partial charge in [-0.1, -0.05) is 50.1 Å². The molecule has 2 aromatic carbocycles. The standard InChI is InChI=1S/C24H25N5O3/c1-2-3-5-10-20(30)25-17-11-12-18-19(15-17)27-22-21(26-18)23(31)29(24(32)28-22)14-13-16-8-6-4-7-9-16/h4,6-9,11-12,15H,2-3,5,10,13-14H2,1H3,(H,25,30)(H,27,28,32). The Morgan fingerprint density at radius 3 is 2.62 bits per heavy atom. The highest BCUT2D eigenvalue weighted by Crippen LogP contribution is 2.18. The molecule has 0 aliphatic heterocycles. The SMILES string of the molecule is CCCCCC(=O)Nc1ccc2nc3c(=O)n(CCc4ccccc4)c(=O)[nH]c3nc2c1. The third kappa shape index (κ3) is 4.74. The van der Waals surface area contributed by atoms with Crippen LogP contribution in [0, 0.1) is 0 Å². The zero-order chi connectivity index (χ0) is 22.5. The van der Waals surface area contributed by atoms with Crippen LogP contribution in [0.15, 0.2) is 58.1 Å². The summed E-state index contributed by atoms with van der Waals surface area (Å²) in [6.45, 7) is 2.34. The van der Waals surface area contributed by atoms with Crippen LogP contribution in [0.3, 0.4) is 0 Å². The zero-order valence-corrected chi connectivity index (χ0v) is 17.9. The van der Waals surface area contributed by atoms with Gasteiger partial charge >= 0.3 is 5.69 Å². The third-order valence-corrected chi connectivity index (χ3v) is 5.34. The molecular weight excluding hydrogens is 406 g/mol. The number of unbranched alkanes of at least 4 members (excludes halogenated alkanes) is 2. The van der Waals surface area contributed by atoms with Gasteiger partial charge in [0, 0.05) is 18.7 Å². The number of aromatic amines is 1. The van der Waals surface area contributed by atoms with Gasteiger partial charge in [0.15, 0.2) is 11.2 Å². The maximum absolute atomic E-state index is 12.9. The van der Waals surface area contributed by atoms with Crippen LogP contribution in [0.2, 0.25) is 0 Å². The Labute approximate surface area is 184 Å². The van der Waals surface area contributed by atoms with E-state index < -0.39 is 11.2 Å². The predicted octanol–water partition coefficient (Wildman–Crippen LogP) is 3.39. The van der Waals surface area contributed by atoms with E-state index in [-0.39, 0.29) is 23.6 Å². The van der Waals surface area contributed by atoms with E-state index in [9.17, 15) is 14.4 Å². The maximum Gasteiger partial charge on any atom is 0.330 e. The molecule has 0 radical (unpaired) electrons. The van der Waals surface area contributed by atoms with Gasteiger partial charge in [-0.3, -0.25) is 19.1 Å². The van der Waals surface area contributed by atoms with Gasteiger partial charge in [-0.05, 0) is 36.6 Å². The minimum Gasteiger partial charge on any atom is -0.326 e. The number of anilines is 1. The van der Waals surface area contributed by atoms with Crippen molar-refractivity contribution in [1.82, 2.24) is 19.5 Å². The molecule has 0 unspecified atom stereocenters. The Bertz CT molecular complexity index is 1380. The quantitative estimate of drug-likeness (QED) is 0.328. The summed E-state index contributed by atoms with van der Waals surface area (Å²) in [5.74, 6) is -0.0544. The maximum atomic E-state index is 12.9. The smallest absolute Gasteiger partial charge is 0.326 e. The number of fused-ring (bicyclic) bond motifs is 2. The minimum atomic E-state index is -0.521. The molecule has 0 aliphatic rings. The number of carbonyl (C=O) groups excluding carboxylic acids is 1. The molecule has 2 aromatic heterocycles. The molecule has 0 fully saturated rings. The van der Waals surface area contributed by atoms with Crippen LogP contribution in [0.25, 0.3) is 22.2 Å². The summed E-state index contributed by atoms with van der Waals surface area (Å²) in [6.07, 6.45) is 3.93. The van der Waals surface area contributed by atoms with E-state index in [4.69, 9.17) is 0 Å². The lowest BCUT2D eigenvalue weighted by molar-refractivity contribution is -0.116. The van der Waals surface area contributed by atoms with Crippen LogP contribution >= 0.6 is 0 Å². The lowest BCUT2D eigenvalue weighted by Crippen LogP contribution is -2.36. The van der Waals surface area contributed by atoms with Crippen LogP contribution in [0.4, 0.5) is 5.69 Å². The van der Waals surface area contributed by atoms with E-state index in [1.807, 2.05) is 30.3 Å². The molecular formula is C24H25N5O3. The summed E-state index contributed by atoms with van der Waals surface area (Å²) in [5.41, 5.74) is 1.89. The van der Waals surface area contributed by atoms with E-state index >= 15 is 0 Å². The fourth-order valence-electron chi connectivity index (χ4n) is 3.60. The number of nitrogens with one attached hydrogen (secondary N) is 2. The van der Waals surface area contributed by atoms with Crippen molar-refractivity contribution in [2.75, 3.05) is 5.32 Å². The fraction of sp³-hybridized carbons (Fsp3) is 0.292. The largest absolute Gasteiger partial charge is 0.330 e. The highest BCUT2D eigenvalue weighted by molar-refractivity contribution is 5.93. The number of nitrogens with zero attached hydrogens (tertiary/aromatic N) is 3. The second-order valence-corrected chi connectivity index (χ2v) is 7.75. The third-order valence-electron chi connectivity index (χ3n) is 5.34. The normalized spacial score (nSPS) is 11.2. The molecule has 1 amide bonds. The highest BCUT2D eigenvalue weighted by Gasteiger charge is 2.12. The van der Waals surface area contributed by atoms with Gasteiger partial charge in [-0.2, -0.15) is 0 Å². The van der Waals surface area contributed by atoms with Crippen LogP contribution < -0.4 is 16.6 Å². The van der Waals surface area contributed by atoms with E-state index in [1.54, 1.807) is 18.2 Å². The first kappa shape index (κ1) is 21.4. The van der Waals surface area contributed by atoms with Crippen LogP contribution in [-0.4, -0.2) is 25.4 Å². The van der Waals surface area contributed by atoms with Crippen LogP contribution in [0.1, 0.15) is 38.2 Å². The molecule has 0 saturated heterocycles. The number of aryl methyl sites for hydroxylation is 1. The van der Waals surface area contributed by atoms with E-state index in [0.29, 0.717) is 29.6 Å². The summed E-state index contributed by atoms with van der Waals surface area (Å²) in [6, 6.07) is 14.8. The van der Waals surface area contributed by atoms with Gasteiger partial charge < -0.3 is 5.32 Å². The number of carbonyl (C=O) groups is 1. The number of rotatable bonds is 8. The van der Waals surface area contributed by atoms with Gasteiger partial charge in [-0.25, -0.2) is 14.8 Å². The molecule has 32 heavy (non-hydrogen) atoms. The summed E-state index contributed by atoms with van der Waals surface area (Å²) in [7, 11) is 0. The van der Waals surface area contributed by atoms with E-state index in [1.165, 1.54) is 0 Å². The van der Waals surface area contributed by atoms with Crippen molar-refractivity contribution in [2.45, 2.75) is 45.6 Å². The lowest BCUT2D eigenvalue weighted by Gasteiger charge is -2.08. The number of hydrogen-bond donors (Lipinski definition) is 2. The number of H-pyrrole nitrogens is 1. The first-order valence-corrected chi connectivity index (χ1v) is 10.8. The number of hydrogen-bond acceptors (Lipinski definition) is 5. The van der Waals surface area contributed by atoms with Crippen molar-refractivity contribution in [2.24, 2.45) is 0 Å². The number of benzene rings is 2. The van der Waals surface area contributed by atoms with E-state index in [0.717, 1.165) is 29.4 Å². The van der Waals surface area contributed by atoms with Crippen LogP contribution in [-0.2, 0) is 17.8 Å². The molecule has 0 aliphatic carbocycles. The molecule has 0 spiro atoms. The summed E-state index contributed by atoms with van der Waals surface area (Å²) in [5, 5.41) is 2.86. The van der Waals surface area contributed by atoms with Crippen molar-refractivity contribution >= 4 is 33.8 Å². The van der Waals surface area contributed by atoms with Gasteiger partial charge in [0.1, 0.15) is 0 Å². The minimum absolute atomic E-state index is 0.0544. The van der Waals surface area contributed by atoms with Gasteiger partial charge in [0.25, 0.3) is 5.56 Å². The molecule has 0 saturated carbocycles. The first-order valence-electron chi connectivity index (χ1n) is 10.8. The monoisotopic (exact) mass is 431 g/mol. The second-order valence-electron chi connectivity index (χ2n) is 7.75. The lowest BCUT2D eigenvalue weighted by atomic mass is 10.1. The zero-order valence-electron chi connectivity index (χ0n) is 17.9.